The molecule has 1 saturated heterocycles. The van der Waals surface area contributed by atoms with Gasteiger partial charge in [-0.15, -0.1) is 0 Å². The molecule has 1 aliphatic carbocycles. The maximum atomic E-state index is 14.7. The SMILES string of the molecule is CCC1(C(=O)N2CC[C@](c3ccc(C(F)(C(F)(F)F)C(F)(F)F)cc3)(S(=O)c3ccc(F)cc3)C2)CCCCC1.O=CO. The van der Waals surface area contributed by atoms with Crippen molar-refractivity contribution in [2.75, 3.05) is 13.1 Å². The number of carboxylic acid groups (broad SMARTS) is 1. The van der Waals surface area contributed by atoms with Gasteiger partial charge in [0.25, 0.3) is 6.47 Å². The first-order chi connectivity index (χ1) is 20.0. The number of amides is 1. The van der Waals surface area contributed by atoms with Crippen LogP contribution in [-0.2, 0) is 30.8 Å². The van der Waals surface area contributed by atoms with Crippen molar-refractivity contribution >= 4 is 23.2 Å². The summed E-state index contributed by atoms with van der Waals surface area (Å²) in [5, 5.41) is 6.89. The first kappa shape index (κ1) is 34.5. The van der Waals surface area contributed by atoms with Crippen molar-refractivity contribution in [2.45, 2.75) is 79.5 Å². The fourth-order valence-corrected chi connectivity index (χ4v) is 7.74. The molecule has 1 saturated carbocycles. The normalized spacial score (nSPS) is 21.5. The van der Waals surface area contributed by atoms with E-state index in [1.54, 1.807) is 4.90 Å². The number of hydrogen-bond donors (Lipinski definition) is 1. The van der Waals surface area contributed by atoms with Gasteiger partial charge in [-0.25, -0.2) is 8.78 Å². The molecule has 2 aromatic rings. The number of hydrogen-bond acceptors (Lipinski definition) is 3. The lowest BCUT2D eigenvalue weighted by atomic mass is 9.71. The number of nitrogens with zero attached hydrogens (tertiary/aromatic N) is 1. The Hall–Kier alpha value is -3.03. The second-order valence-electron chi connectivity index (χ2n) is 10.7. The molecule has 1 N–H and O–H groups in total. The summed E-state index contributed by atoms with van der Waals surface area (Å²) in [6, 6.07) is 7.35. The average Bonchev–Trinajstić information content (AvgIpc) is 3.42. The summed E-state index contributed by atoms with van der Waals surface area (Å²) in [6.07, 6.45) is -7.72. The zero-order valence-corrected chi connectivity index (χ0v) is 23.9. The Balaban J connectivity index is 0.00000162. The first-order valence-corrected chi connectivity index (χ1v) is 14.7. The van der Waals surface area contributed by atoms with E-state index in [1.807, 2.05) is 6.92 Å². The molecule has 14 heteroatoms. The van der Waals surface area contributed by atoms with E-state index in [9.17, 15) is 44.1 Å². The second kappa shape index (κ2) is 12.9. The lowest BCUT2D eigenvalue weighted by Gasteiger charge is -2.39. The van der Waals surface area contributed by atoms with Gasteiger partial charge in [-0.05, 0) is 55.5 Å². The number of benzene rings is 2. The number of carbonyl (C=O) groups is 2. The molecule has 2 atom stereocenters. The Bertz CT molecular complexity index is 1280. The predicted octanol–water partition coefficient (Wildman–Crippen LogP) is 7.41. The van der Waals surface area contributed by atoms with E-state index >= 15 is 0 Å². The van der Waals surface area contributed by atoms with E-state index in [2.05, 4.69) is 0 Å². The van der Waals surface area contributed by atoms with Crippen LogP contribution in [-0.4, -0.2) is 52.0 Å². The monoisotopic (exact) mass is 641 g/mol. The number of likely N-dealkylation sites (tertiary alicyclic amines) is 1. The van der Waals surface area contributed by atoms with Crippen molar-refractivity contribution in [3.8, 4) is 0 Å². The predicted molar refractivity (Wildman–Crippen MR) is 142 cm³/mol. The Morgan fingerprint density at radius 1 is 0.907 bits per heavy atom. The molecule has 43 heavy (non-hydrogen) atoms. The third-order valence-corrected chi connectivity index (χ3v) is 10.4. The average molecular weight is 642 g/mol. The summed E-state index contributed by atoms with van der Waals surface area (Å²) >= 11 is 0. The largest absolute Gasteiger partial charge is 0.483 e. The number of alkyl halides is 7. The van der Waals surface area contributed by atoms with Gasteiger partial charge in [-0.2, -0.15) is 26.3 Å². The van der Waals surface area contributed by atoms with E-state index in [0.29, 0.717) is 31.4 Å². The first-order valence-electron chi connectivity index (χ1n) is 13.5. The van der Waals surface area contributed by atoms with E-state index in [-0.39, 0.29) is 42.3 Å². The minimum atomic E-state index is -6.27. The highest BCUT2D eigenvalue weighted by atomic mass is 32.2. The molecule has 0 radical (unpaired) electrons. The Morgan fingerprint density at radius 2 is 1.42 bits per heavy atom. The van der Waals surface area contributed by atoms with Crippen LogP contribution in [0.4, 0.5) is 35.1 Å². The maximum absolute atomic E-state index is 14.7. The molecule has 1 aliphatic heterocycles. The molecule has 0 bridgehead atoms. The highest BCUT2D eigenvalue weighted by molar-refractivity contribution is 7.86. The van der Waals surface area contributed by atoms with Crippen LogP contribution < -0.4 is 0 Å². The molecule has 0 aromatic heterocycles. The van der Waals surface area contributed by atoms with Crippen LogP contribution in [0.1, 0.15) is 63.0 Å². The van der Waals surface area contributed by atoms with Crippen LogP contribution in [0, 0.1) is 11.2 Å². The fraction of sp³-hybridized carbons (Fsp3) is 0.517. The standard InChI is InChI=1S/C28H29F8NO2S.CH2O2/c1-2-24(14-4-3-5-15-24)23(38)37-17-16-25(18-37,40(39)22-12-10-21(29)11-13-22)19-6-8-20(9-7-19)26(30,27(31,32)33)28(34,35)36;2-1-3/h6-13H,2-5,14-18H2,1H3;1H,(H,2,3)/t25-,40?;/m0./s1. The zero-order chi connectivity index (χ0) is 32.3. The number of carbonyl (C=O) groups excluding carboxylic acids is 1. The molecule has 2 aromatic carbocycles. The van der Waals surface area contributed by atoms with Crippen molar-refractivity contribution in [3.63, 3.8) is 0 Å². The van der Waals surface area contributed by atoms with Gasteiger partial charge < -0.3 is 10.0 Å². The van der Waals surface area contributed by atoms with Crippen molar-refractivity contribution < 1.29 is 54.0 Å². The van der Waals surface area contributed by atoms with Crippen molar-refractivity contribution in [2.24, 2.45) is 5.41 Å². The molecule has 1 amide bonds. The summed E-state index contributed by atoms with van der Waals surface area (Å²) in [6.45, 7) is 1.72. The minimum absolute atomic E-state index is 0.0845. The van der Waals surface area contributed by atoms with E-state index < -0.39 is 50.4 Å². The van der Waals surface area contributed by atoms with E-state index in [1.165, 1.54) is 12.1 Å². The smallest absolute Gasteiger partial charge is 0.435 e. The highest BCUT2D eigenvalue weighted by Crippen LogP contribution is 2.54. The summed E-state index contributed by atoms with van der Waals surface area (Å²) in [5.74, 6) is -0.718. The third kappa shape index (κ3) is 6.44. The van der Waals surface area contributed by atoms with Crippen molar-refractivity contribution in [1.82, 2.24) is 4.90 Å². The second-order valence-corrected chi connectivity index (χ2v) is 12.5. The maximum Gasteiger partial charge on any atom is 0.435 e. The van der Waals surface area contributed by atoms with Gasteiger partial charge in [0.15, 0.2) is 0 Å². The molecular formula is C29H31F8NO4S. The molecule has 5 nitrogen and oxygen atoms in total. The van der Waals surface area contributed by atoms with E-state index in [4.69, 9.17) is 9.90 Å². The molecule has 2 fully saturated rings. The van der Waals surface area contributed by atoms with Gasteiger partial charge in [0.05, 0.1) is 15.5 Å². The Morgan fingerprint density at radius 3 is 1.88 bits per heavy atom. The van der Waals surface area contributed by atoms with Gasteiger partial charge in [0.2, 0.25) is 5.91 Å². The molecule has 1 unspecified atom stereocenters. The van der Waals surface area contributed by atoms with Crippen LogP contribution >= 0.6 is 0 Å². The van der Waals surface area contributed by atoms with Gasteiger partial charge in [-0.1, -0.05) is 50.5 Å². The van der Waals surface area contributed by atoms with Crippen molar-refractivity contribution in [3.05, 3.63) is 65.5 Å². The van der Waals surface area contributed by atoms with Crippen LogP contribution in [0.15, 0.2) is 53.4 Å². The third-order valence-electron chi connectivity index (χ3n) is 8.43. The van der Waals surface area contributed by atoms with Crippen LogP contribution in [0.3, 0.4) is 0 Å². The highest BCUT2D eigenvalue weighted by Gasteiger charge is 2.73. The zero-order valence-electron chi connectivity index (χ0n) is 23.1. The molecular weight excluding hydrogens is 610 g/mol. The van der Waals surface area contributed by atoms with Crippen molar-refractivity contribution in [1.29, 1.82) is 0 Å². The fourth-order valence-electron chi connectivity index (χ4n) is 6.01. The summed E-state index contributed by atoms with van der Waals surface area (Å²) in [4.78, 5) is 23.9. The Labute approximate surface area is 245 Å². The quantitative estimate of drug-likeness (QED) is 0.263. The summed E-state index contributed by atoms with van der Waals surface area (Å²) in [5.41, 5.74) is -7.76. The van der Waals surface area contributed by atoms with Gasteiger partial charge in [0.1, 0.15) is 5.82 Å². The van der Waals surface area contributed by atoms with Gasteiger partial charge in [-0.3, -0.25) is 13.8 Å². The molecule has 4 rings (SSSR count). The molecule has 0 spiro atoms. The number of halogens is 8. The summed E-state index contributed by atoms with van der Waals surface area (Å²) in [7, 11) is -1.99. The lowest BCUT2D eigenvalue weighted by molar-refractivity contribution is -0.348. The van der Waals surface area contributed by atoms with Gasteiger partial charge >= 0.3 is 18.0 Å². The lowest BCUT2D eigenvalue weighted by Crippen LogP contribution is -2.50. The topological polar surface area (TPSA) is 74.7 Å². The van der Waals surface area contributed by atoms with Gasteiger partial charge in [0, 0.05) is 29.0 Å². The molecule has 1 heterocycles. The van der Waals surface area contributed by atoms with E-state index in [0.717, 1.165) is 43.5 Å². The summed E-state index contributed by atoms with van der Waals surface area (Å²) < 4.78 is 121. The van der Waals surface area contributed by atoms with Crippen LogP contribution in [0.2, 0.25) is 0 Å². The minimum Gasteiger partial charge on any atom is -0.483 e. The van der Waals surface area contributed by atoms with Crippen LogP contribution in [0.25, 0.3) is 0 Å². The molecule has 2 aliphatic rings. The Kier molecular flexibility index (Phi) is 10.3. The number of rotatable bonds is 6. The molecule has 238 valence electrons. The van der Waals surface area contributed by atoms with Crippen LogP contribution in [0.5, 0.6) is 0 Å².